The molecule has 2 aromatic carbocycles. The molecule has 0 heterocycles. The van der Waals surface area contributed by atoms with E-state index in [1.807, 2.05) is 62.3 Å². The van der Waals surface area contributed by atoms with Gasteiger partial charge in [0.2, 0.25) is 0 Å². The number of aryl methyl sites for hydroxylation is 1. The molecular formula is C18H20N4O2. The second kappa shape index (κ2) is 7.92. The van der Waals surface area contributed by atoms with Crippen LogP contribution in [0.15, 0.2) is 53.6 Å². The average Bonchev–Trinajstić information content (AvgIpc) is 2.57. The van der Waals surface area contributed by atoms with Crippen LogP contribution < -0.4 is 15.6 Å². The first-order chi connectivity index (χ1) is 11.5. The van der Waals surface area contributed by atoms with E-state index in [-0.39, 0.29) is 0 Å². The molecule has 6 heteroatoms. The highest BCUT2D eigenvalue weighted by Gasteiger charge is 2.13. The molecule has 0 aliphatic heterocycles. The minimum atomic E-state index is -0.820. The Hall–Kier alpha value is -3.15. The van der Waals surface area contributed by atoms with Crippen LogP contribution in [0, 0.1) is 6.92 Å². The number of carbonyl (C=O) groups is 2. The van der Waals surface area contributed by atoms with Gasteiger partial charge in [-0.2, -0.15) is 5.10 Å². The zero-order valence-electron chi connectivity index (χ0n) is 13.9. The molecule has 0 bridgehead atoms. The lowest BCUT2D eigenvalue weighted by atomic mass is 10.2. The van der Waals surface area contributed by atoms with Gasteiger partial charge in [-0.3, -0.25) is 9.59 Å². The summed E-state index contributed by atoms with van der Waals surface area (Å²) < 4.78 is 0. The van der Waals surface area contributed by atoms with Gasteiger partial charge in [-0.05, 0) is 36.2 Å². The first kappa shape index (κ1) is 17.2. The molecule has 124 valence electrons. The van der Waals surface area contributed by atoms with E-state index in [1.165, 1.54) is 6.21 Å². The van der Waals surface area contributed by atoms with Gasteiger partial charge in [0.05, 0.1) is 6.21 Å². The number of amides is 2. The fourth-order valence-corrected chi connectivity index (χ4v) is 1.97. The quantitative estimate of drug-likeness (QED) is 0.514. The maximum atomic E-state index is 11.8. The Kier molecular flexibility index (Phi) is 5.68. The Bertz CT molecular complexity index is 752. The minimum absolute atomic E-state index is 0.598. The summed E-state index contributed by atoms with van der Waals surface area (Å²) in [7, 11) is 3.91. The van der Waals surface area contributed by atoms with Gasteiger partial charge in [0.15, 0.2) is 0 Å². The Morgan fingerprint density at radius 3 is 2.29 bits per heavy atom. The van der Waals surface area contributed by atoms with E-state index in [0.29, 0.717) is 5.69 Å². The van der Waals surface area contributed by atoms with Crippen molar-refractivity contribution in [2.75, 3.05) is 24.3 Å². The normalized spacial score (nSPS) is 10.5. The third kappa shape index (κ3) is 4.67. The summed E-state index contributed by atoms with van der Waals surface area (Å²) in [6, 6.07) is 14.9. The molecule has 0 saturated heterocycles. The summed E-state index contributed by atoms with van der Waals surface area (Å²) in [6.45, 7) is 1.85. The molecule has 0 unspecified atom stereocenters. The molecule has 0 aromatic heterocycles. The van der Waals surface area contributed by atoms with Crippen LogP contribution in [0.25, 0.3) is 0 Å². The van der Waals surface area contributed by atoms with Crippen LogP contribution >= 0.6 is 0 Å². The Morgan fingerprint density at radius 2 is 1.67 bits per heavy atom. The highest BCUT2D eigenvalue weighted by molar-refractivity contribution is 6.39. The molecule has 0 spiro atoms. The molecule has 2 rings (SSSR count). The average molecular weight is 324 g/mol. The summed E-state index contributed by atoms with van der Waals surface area (Å²) in [5.74, 6) is -1.58. The number of carbonyl (C=O) groups excluding carboxylic acids is 2. The Morgan fingerprint density at radius 1 is 1.00 bits per heavy atom. The molecule has 24 heavy (non-hydrogen) atoms. The summed E-state index contributed by atoms with van der Waals surface area (Å²) >= 11 is 0. The lowest BCUT2D eigenvalue weighted by Crippen LogP contribution is -2.32. The van der Waals surface area contributed by atoms with E-state index < -0.39 is 11.8 Å². The van der Waals surface area contributed by atoms with Gasteiger partial charge in [-0.25, -0.2) is 5.43 Å². The highest BCUT2D eigenvalue weighted by Crippen LogP contribution is 2.13. The number of nitrogens with one attached hydrogen (secondary N) is 2. The van der Waals surface area contributed by atoms with Crippen molar-refractivity contribution in [3.63, 3.8) is 0 Å². The molecule has 2 N–H and O–H groups in total. The highest BCUT2D eigenvalue weighted by atomic mass is 16.2. The van der Waals surface area contributed by atoms with Crippen molar-refractivity contribution in [3.05, 3.63) is 59.7 Å². The fourth-order valence-electron chi connectivity index (χ4n) is 1.97. The first-order valence-corrected chi connectivity index (χ1v) is 7.45. The SMILES string of the molecule is Cc1ccccc1NC(=O)C(=O)N/N=C/c1ccc(N(C)C)cc1. The van der Waals surface area contributed by atoms with Crippen molar-refractivity contribution in [1.29, 1.82) is 0 Å². The van der Waals surface area contributed by atoms with Crippen LogP contribution in [-0.2, 0) is 9.59 Å². The third-order valence-electron chi connectivity index (χ3n) is 3.39. The molecule has 2 aromatic rings. The van der Waals surface area contributed by atoms with Crippen molar-refractivity contribution < 1.29 is 9.59 Å². The second-order valence-electron chi connectivity index (χ2n) is 5.45. The van der Waals surface area contributed by atoms with E-state index in [4.69, 9.17) is 0 Å². The van der Waals surface area contributed by atoms with Crippen LogP contribution in [0.2, 0.25) is 0 Å². The lowest BCUT2D eigenvalue weighted by molar-refractivity contribution is -0.136. The predicted octanol–water partition coefficient (Wildman–Crippen LogP) is 2.15. The topological polar surface area (TPSA) is 73.8 Å². The molecule has 0 radical (unpaired) electrons. The minimum Gasteiger partial charge on any atom is -0.378 e. The summed E-state index contributed by atoms with van der Waals surface area (Å²) in [4.78, 5) is 25.6. The lowest BCUT2D eigenvalue weighted by Gasteiger charge is -2.11. The molecule has 0 aliphatic rings. The molecule has 0 saturated carbocycles. The molecule has 0 fully saturated rings. The van der Waals surface area contributed by atoms with Gasteiger partial charge in [-0.15, -0.1) is 0 Å². The van der Waals surface area contributed by atoms with Crippen molar-refractivity contribution in [2.24, 2.45) is 5.10 Å². The standard InChI is InChI=1S/C18H20N4O2/c1-13-6-4-5-7-16(13)20-17(23)18(24)21-19-12-14-8-10-15(11-9-14)22(2)3/h4-12H,1-3H3,(H,20,23)(H,21,24)/b19-12+. The second-order valence-corrected chi connectivity index (χ2v) is 5.45. The maximum absolute atomic E-state index is 11.8. The molecule has 6 nitrogen and oxygen atoms in total. The first-order valence-electron chi connectivity index (χ1n) is 7.45. The van der Waals surface area contributed by atoms with Crippen molar-refractivity contribution in [1.82, 2.24) is 5.43 Å². The number of anilines is 2. The fraction of sp³-hybridized carbons (Fsp3) is 0.167. The molecule has 0 aliphatic carbocycles. The zero-order chi connectivity index (χ0) is 17.5. The van der Waals surface area contributed by atoms with Gasteiger partial charge in [0.25, 0.3) is 0 Å². The number of rotatable bonds is 4. The van der Waals surface area contributed by atoms with Gasteiger partial charge in [-0.1, -0.05) is 30.3 Å². The van der Waals surface area contributed by atoms with Gasteiger partial charge >= 0.3 is 11.8 Å². The number of hydrogen-bond donors (Lipinski definition) is 2. The summed E-state index contributed by atoms with van der Waals surface area (Å²) in [5.41, 5.74) is 5.58. The smallest absolute Gasteiger partial charge is 0.329 e. The number of benzene rings is 2. The summed E-state index contributed by atoms with van der Waals surface area (Å²) in [5, 5.41) is 6.35. The van der Waals surface area contributed by atoms with E-state index >= 15 is 0 Å². The van der Waals surface area contributed by atoms with Gasteiger partial charge < -0.3 is 10.2 Å². The van der Waals surface area contributed by atoms with Crippen LogP contribution in [0.4, 0.5) is 11.4 Å². The summed E-state index contributed by atoms with van der Waals surface area (Å²) in [6.07, 6.45) is 1.48. The predicted molar refractivity (Wildman–Crippen MR) is 96.3 cm³/mol. The Labute approximate surface area is 141 Å². The van der Waals surface area contributed by atoms with E-state index in [2.05, 4.69) is 15.8 Å². The van der Waals surface area contributed by atoms with Crippen LogP contribution in [0.5, 0.6) is 0 Å². The van der Waals surface area contributed by atoms with Gasteiger partial charge in [0, 0.05) is 25.5 Å². The van der Waals surface area contributed by atoms with E-state index in [0.717, 1.165) is 16.8 Å². The van der Waals surface area contributed by atoms with Crippen molar-refractivity contribution in [2.45, 2.75) is 6.92 Å². The monoisotopic (exact) mass is 324 g/mol. The number of nitrogens with zero attached hydrogens (tertiary/aromatic N) is 2. The number of hydrazone groups is 1. The van der Waals surface area contributed by atoms with Crippen LogP contribution in [-0.4, -0.2) is 32.1 Å². The Balaban J connectivity index is 1.90. The van der Waals surface area contributed by atoms with Crippen molar-refractivity contribution in [3.8, 4) is 0 Å². The zero-order valence-corrected chi connectivity index (χ0v) is 13.9. The van der Waals surface area contributed by atoms with Crippen LogP contribution in [0.3, 0.4) is 0 Å². The number of para-hydroxylation sites is 1. The maximum Gasteiger partial charge on any atom is 0.329 e. The van der Waals surface area contributed by atoms with Gasteiger partial charge in [0.1, 0.15) is 0 Å². The van der Waals surface area contributed by atoms with E-state index in [9.17, 15) is 9.59 Å². The van der Waals surface area contributed by atoms with E-state index in [1.54, 1.807) is 12.1 Å². The molecule has 0 atom stereocenters. The third-order valence-corrected chi connectivity index (χ3v) is 3.39. The van der Waals surface area contributed by atoms with Crippen molar-refractivity contribution >= 4 is 29.4 Å². The van der Waals surface area contributed by atoms with Crippen LogP contribution in [0.1, 0.15) is 11.1 Å². The largest absolute Gasteiger partial charge is 0.378 e. The molecule has 2 amide bonds. The number of hydrogen-bond acceptors (Lipinski definition) is 4. The molecular weight excluding hydrogens is 304 g/mol.